The lowest BCUT2D eigenvalue weighted by Gasteiger charge is -2.25. The van der Waals surface area contributed by atoms with Crippen LogP contribution in [0.4, 0.5) is 13.2 Å². The average molecular weight is 424 g/mol. The highest BCUT2D eigenvalue weighted by atomic mass is 19.4. The van der Waals surface area contributed by atoms with E-state index in [0.717, 1.165) is 25.0 Å². The van der Waals surface area contributed by atoms with Crippen molar-refractivity contribution in [1.29, 1.82) is 0 Å². The van der Waals surface area contributed by atoms with E-state index in [1.54, 1.807) is 11.0 Å². The fourth-order valence-corrected chi connectivity index (χ4v) is 3.26. The van der Waals surface area contributed by atoms with Gasteiger partial charge in [0.2, 0.25) is 5.91 Å². The van der Waals surface area contributed by atoms with E-state index in [1.165, 1.54) is 24.7 Å². The fraction of sp³-hybridized carbons (Fsp3) is 0.429. The second-order valence-corrected chi connectivity index (χ2v) is 7.12. The Hall–Kier alpha value is -2.81. The molecule has 1 atom stereocenters. The summed E-state index contributed by atoms with van der Waals surface area (Å²) in [6, 6.07) is 6.36. The van der Waals surface area contributed by atoms with Gasteiger partial charge in [-0.3, -0.25) is 9.59 Å². The number of halogens is 3. The highest BCUT2D eigenvalue weighted by Gasteiger charge is 2.30. The number of ether oxygens (including phenoxy) is 1. The lowest BCUT2D eigenvalue weighted by atomic mass is 10.1. The van der Waals surface area contributed by atoms with Gasteiger partial charge in [0.25, 0.3) is 5.91 Å². The minimum atomic E-state index is -4.43. The first-order chi connectivity index (χ1) is 14.3. The highest BCUT2D eigenvalue weighted by Crippen LogP contribution is 2.29. The number of hydrogen-bond donors (Lipinski definition) is 1. The summed E-state index contributed by atoms with van der Waals surface area (Å²) in [5.74, 6) is -0.616. The molecule has 9 heteroatoms. The number of hydrogen-bond acceptors (Lipinski definition) is 4. The normalized spacial score (nSPS) is 16.4. The molecular formula is C21H23F3N2O4. The van der Waals surface area contributed by atoms with Crippen LogP contribution in [0.15, 0.2) is 47.3 Å². The van der Waals surface area contributed by atoms with Gasteiger partial charge in [-0.2, -0.15) is 13.2 Å². The molecule has 1 aromatic heterocycles. The van der Waals surface area contributed by atoms with Crippen LogP contribution in [-0.2, 0) is 22.3 Å². The van der Waals surface area contributed by atoms with E-state index in [2.05, 4.69) is 5.32 Å². The van der Waals surface area contributed by atoms with Crippen LogP contribution in [0.2, 0.25) is 0 Å². The summed E-state index contributed by atoms with van der Waals surface area (Å²) in [5, 5.41) is 2.61. The summed E-state index contributed by atoms with van der Waals surface area (Å²) in [6.45, 7) is 1.16. The van der Waals surface area contributed by atoms with Crippen molar-refractivity contribution < 1.29 is 31.9 Å². The molecule has 2 heterocycles. The number of benzene rings is 1. The standard InChI is InChI=1S/C21H23F3N2O4/c22-21(23,24)17-4-1-3-15(11-17)12-25-19(27)6-8-26(13-18-5-2-9-30-18)20(28)16-7-10-29-14-16/h1,3-4,7,10-11,14,18H,2,5-6,8-9,12-13H2,(H,25,27). The summed E-state index contributed by atoms with van der Waals surface area (Å²) >= 11 is 0. The van der Waals surface area contributed by atoms with Crippen molar-refractivity contribution in [3.63, 3.8) is 0 Å². The van der Waals surface area contributed by atoms with E-state index in [9.17, 15) is 22.8 Å². The molecule has 2 aromatic rings. The maximum atomic E-state index is 12.8. The van der Waals surface area contributed by atoms with E-state index >= 15 is 0 Å². The Bertz CT molecular complexity index is 846. The number of nitrogens with one attached hydrogen (secondary N) is 1. The highest BCUT2D eigenvalue weighted by molar-refractivity contribution is 5.94. The van der Waals surface area contributed by atoms with Gasteiger partial charge in [-0.05, 0) is 36.6 Å². The van der Waals surface area contributed by atoms with E-state index in [-0.39, 0.29) is 37.4 Å². The van der Waals surface area contributed by atoms with Gasteiger partial charge < -0.3 is 19.4 Å². The van der Waals surface area contributed by atoms with E-state index in [0.29, 0.717) is 24.3 Å². The molecule has 0 saturated carbocycles. The first-order valence-corrected chi connectivity index (χ1v) is 9.69. The van der Waals surface area contributed by atoms with Gasteiger partial charge >= 0.3 is 6.18 Å². The third-order valence-electron chi connectivity index (χ3n) is 4.86. The molecule has 0 bridgehead atoms. The van der Waals surface area contributed by atoms with Crippen molar-refractivity contribution in [1.82, 2.24) is 10.2 Å². The Balaban J connectivity index is 1.54. The molecule has 1 aromatic carbocycles. The quantitative estimate of drug-likeness (QED) is 0.703. The zero-order chi connectivity index (χ0) is 21.6. The van der Waals surface area contributed by atoms with E-state index in [4.69, 9.17) is 9.15 Å². The van der Waals surface area contributed by atoms with Crippen LogP contribution in [0.3, 0.4) is 0 Å². The summed E-state index contributed by atoms with van der Waals surface area (Å²) in [4.78, 5) is 26.5. The number of rotatable bonds is 8. The number of amides is 2. The molecule has 0 aliphatic carbocycles. The molecule has 1 unspecified atom stereocenters. The number of nitrogens with zero attached hydrogens (tertiary/aromatic N) is 1. The smallest absolute Gasteiger partial charge is 0.416 e. The molecule has 1 saturated heterocycles. The monoisotopic (exact) mass is 424 g/mol. The number of furan rings is 1. The number of alkyl halides is 3. The zero-order valence-electron chi connectivity index (χ0n) is 16.3. The van der Waals surface area contributed by atoms with Gasteiger partial charge in [0.1, 0.15) is 6.26 Å². The molecule has 6 nitrogen and oxygen atoms in total. The van der Waals surface area contributed by atoms with E-state index < -0.39 is 11.7 Å². The predicted octanol–water partition coefficient (Wildman–Crippen LogP) is 3.63. The maximum absolute atomic E-state index is 12.8. The van der Waals surface area contributed by atoms with E-state index in [1.807, 2.05) is 0 Å². The third-order valence-corrected chi connectivity index (χ3v) is 4.86. The van der Waals surface area contributed by atoms with Crippen LogP contribution < -0.4 is 5.32 Å². The van der Waals surface area contributed by atoms with Gasteiger partial charge in [0, 0.05) is 32.7 Å². The topological polar surface area (TPSA) is 71.8 Å². The van der Waals surface area contributed by atoms with Crippen molar-refractivity contribution in [2.75, 3.05) is 19.7 Å². The van der Waals surface area contributed by atoms with Gasteiger partial charge in [-0.25, -0.2) is 0 Å². The van der Waals surface area contributed by atoms with Gasteiger partial charge in [-0.15, -0.1) is 0 Å². The Kier molecular flexibility index (Phi) is 7.15. The molecule has 2 amide bonds. The molecule has 0 spiro atoms. The summed E-state index contributed by atoms with van der Waals surface area (Å²) < 4.78 is 48.9. The average Bonchev–Trinajstić information content (AvgIpc) is 3.42. The number of carbonyl (C=O) groups excluding carboxylic acids is 2. The second-order valence-electron chi connectivity index (χ2n) is 7.12. The zero-order valence-corrected chi connectivity index (χ0v) is 16.3. The van der Waals surface area contributed by atoms with Crippen molar-refractivity contribution in [3.05, 3.63) is 59.5 Å². The Morgan fingerprint density at radius 2 is 2.07 bits per heavy atom. The molecule has 1 aliphatic heterocycles. The van der Waals surface area contributed by atoms with Crippen molar-refractivity contribution >= 4 is 11.8 Å². The lowest BCUT2D eigenvalue weighted by molar-refractivity contribution is -0.137. The molecular weight excluding hydrogens is 401 g/mol. The van der Waals surface area contributed by atoms with Crippen LogP contribution in [0.5, 0.6) is 0 Å². The molecule has 1 N–H and O–H groups in total. The minimum Gasteiger partial charge on any atom is -0.472 e. The molecule has 0 radical (unpaired) electrons. The maximum Gasteiger partial charge on any atom is 0.416 e. The Labute approximate surface area is 172 Å². The van der Waals surface area contributed by atoms with Gasteiger partial charge in [0.15, 0.2) is 0 Å². The molecule has 1 fully saturated rings. The summed E-state index contributed by atoms with van der Waals surface area (Å²) in [6.07, 6.45) is 0.0323. The molecule has 3 rings (SSSR count). The molecule has 30 heavy (non-hydrogen) atoms. The van der Waals surface area contributed by atoms with Crippen molar-refractivity contribution in [2.24, 2.45) is 0 Å². The van der Waals surface area contributed by atoms with Crippen molar-refractivity contribution in [3.8, 4) is 0 Å². The summed E-state index contributed by atoms with van der Waals surface area (Å²) in [7, 11) is 0. The fourth-order valence-electron chi connectivity index (χ4n) is 3.26. The second kappa shape index (κ2) is 9.80. The molecule has 1 aliphatic rings. The predicted molar refractivity (Wildman–Crippen MR) is 101 cm³/mol. The first-order valence-electron chi connectivity index (χ1n) is 9.69. The van der Waals surface area contributed by atoms with Crippen LogP contribution >= 0.6 is 0 Å². The van der Waals surface area contributed by atoms with Crippen LogP contribution in [0.1, 0.15) is 40.7 Å². The van der Waals surface area contributed by atoms with Crippen LogP contribution in [0, 0.1) is 0 Å². The minimum absolute atomic E-state index is 0.0231. The Morgan fingerprint density at radius 1 is 1.23 bits per heavy atom. The number of carbonyl (C=O) groups is 2. The van der Waals surface area contributed by atoms with Crippen LogP contribution in [0.25, 0.3) is 0 Å². The SMILES string of the molecule is O=C(CCN(CC1CCCO1)C(=O)c1ccoc1)NCc1cccc(C(F)(F)F)c1. The third kappa shape index (κ3) is 6.09. The lowest BCUT2D eigenvalue weighted by Crippen LogP contribution is -2.39. The van der Waals surface area contributed by atoms with Gasteiger partial charge in [0.05, 0.1) is 23.5 Å². The van der Waals surface area contributed by atoms with Crippen LogP contribution in [-0.4, -0.2) is 42.5 Å². The largest absolute Gasteiger partial charge is 0.472 e. The Morgan fingerprint density at radius 3 is 2.73 bits per heavy atom. The molecule has 162 valence electrons. The first kappa shape index (κ1) is 21.9. The summed E-state index contributed by atoms with van der Waals surface area (Å²) in [5.41, 5.74) is -0.0241. The van der Waals surface area contributed by atoms with Gasteiger partial charge in [-0.1, -0.05) is 12.1 Å². The van der Waals surface area contributed by atoms with Crippen molar-refractivity contribution in [2.45, 2.75) is 38.1 Å².